The van der Waals surface area contributed by atoms with E-state index >= 15 is 0 Å². The molecular weight excluding hydrogens is 501 g/mol. The van der Waals surface area contributed by atoms with Crippen LogP contribution in [-0.2, 0) is 6.42 Å². The number of anilines is 2. The van der Waals surface area contributed by atoms with Crippen molar-refractivity contribution < 1.29 is 0 Å². The number of piperidine rings is 1. The monoisotopic (exact) mass is 523 g/mol. The Morgan fingerprint density at radius 1 is 0.971 bits per heavy atom. The SMILES string of the molecule is Nc1ncc(Sc2ccc3nc(N4CCC5(CC4)Cc4ccccc4[C@H]5N)cnc3n2)c(Cl)c1Cl. The fourth-order valence-electron chi connectivity index (χ4n) is 5.22. The van der Waals surface area contributed by atoms with Crippen LogP contribution in [0.3, 0.4) is 0 Å². The summed E-state index contributed by atoms with van der Waals surface area (Å²) in [4.78, 5) is 21.1. The average Bonchev–Trinajstić information content (AvgIpc) is 3.15. The predicted octanol–water partition coefficient (Wildman–Crippen LogP) is 5.30. The van der Waals surface area contributed by atoms with Crippen molar-refractivity contribution in [1.82, 2.24) is 19.9 Å². The highest BCUT2D eigenvalue weighted by atomic mass is 35.5. The van der Waals surface area contributed by atoms with E-state index < -0.39 is 0 Å². The number of hydrogen-bond acceptors (Lipinski definition) is 8. The minimum atomic E-state index is 0.100. The van der Waals surface area contributed by atoms with E-state index in [9.17, 15) is 0 Å². The van der Waals surface area contributed by atoms with Crippen molar-refractivity contribution in [1.29, 1.82) is 0 Å². The number of nitrogens with two attached hydrogens (primary N) is 2. The molecule has 0 radical (unpaired) electrons. The van der Waals surface area contributed by atoms with Gasteiger partial charge in [-0.05, 0) is 47.9 Å². The molecule has 0 bridgehead atoms. The minimum Gasteiger partial charge on any atom is -0.382 e. The van der Waals surface area contributed by atoms with Crippen LogP contribution in [0.5, 0.6) is 0 Å². The average molecular weight is 524 g/mol. The van der Waals surface area contributed by atoms with Gasteiger partial charge >= 0.3 is 0 Å². The molecule has 0 amide bonds. The number of rotatable bonds is 3. The number of benzene rings is 1. The first-order valence-electron chi connectivity index (χ1n) is 11.4. The molecule has 0 unspecified atom stereocenters. The Kier molecular flexibility index (Phi) is 5.72. The molecule has 35 heavy (non-hydrogen) atoms. The largest absolute Gasteiger partial charge is 0.382 e. The third-order valence-corrected chi connectivity index (χ3v) is 9.16. The summed E-state index contributed by atoms with van der Waals surface area (Å²) >= 11 is 13.8. The molecular formula is C25H23Cl2N7S. The first-order valence-corrected chi connectivity index (χ1v) is 13.0. The lowest BCUT2D eigenvalue weighted by Crippen LogP contribution is -2.44. The van der Waals surface area contributed by atoms with Crippen LogP contribution in [0.2, 0.25) is 10.0 Å². The third-order valence-electron chi connectivity index (χ3n) is 7.21. The minimum absolute atomic E-state index is 0.100. The van der Waals surface area contributed by atoms with Crippen molar-refractivity contribution in [2.75, 3.05) is 23.7 Å². The summed E-state index contributed by atoms with van der Waals surface area (Å²) in [5, 5.41) is 1.33. The fraction of sp³-hybridized carbons (Fsp3) is 0.280. The first-order chi connectivity index (χ1) is 16.9. The number of halogens is 2. The van der Waals surface area contributed by atoms with Gasteiger partial charge < -0.3 is 16.4 Å². The zero-order valence-electron chi connectivity index (χ0n) is 18.8. The molecule has 178 valence electrons. The van der Waals surface area contributed by atoms with Crippen LogP contribution >= 0.6 is 35.0 Å². The molecule has 1 spiro atoms. The molecule has 10 heteroatoms. The van der Waals surface area contributed by atoms with Gasteiger partial charge in [-0.1, -0.05) is 59.2 Å². The number of hydrogen-bond donors (Lipinski definition) is 2. The highest BCUT2D eigenvalue weighted by Crippen LogP contribution is 2.51. The maximum Gasteiger partial charge on any atom is 0.179 e. The predicted molar refractivity (Wildman–Crippen MR) is 141 cm³/mol. The van der Waals surface area contributed by atoms with Crippen molar-refractivity contribution in [3.05, 3.63) is 70.0 Å². The van der Waals surface area contributed by atoms with E-state index in [4.69, 9.17) is 39.7 Å². The Bertz CT molecular complexity index is 1440. The highest BCUT2D eigenvalue weighted by Gasteiger charge is 2.45. The lowest BCUT2D eigenvalue weighted by atomic mass is 9.73. The summed E-state index contributed by atoms with van der Waals surface area (Å²) < 4.78 is 0. The van der Waals surface area contributed by atoms with E-state index in [-0.39, 0.29) is 22.3 Å². The second kappa shape index (κ2) is 8.78. The van der Waals surface area contributed by atoms with Gasteiger partial charge in [0.15, 0.2) is 5.65 Å². The molecule has 4 N–H and O–H groups in total. The van der Waals surface area contributed by atoms with Crippen molar-refractivity contribution in [2.45, 2.75) is 35.2 Å². The van der Waals surface area contributed by atoms with Gasteiger partial charge in [-0.2, -0.15) is 0 Å². The quantitative estimate of drug-likeness (QED) is 0.372. The Morgan fingerprint density at radius 3 is 2.57 bits per heavy atom. The van der Waals surface area contributed by atoms with Crippen LogP contribution in [0.1, 0.15) is 30.0 Å². The Hall–Kier alpha value is -2.65. The molecule has 1 fully saturated rings. The van der Waals surface area contributed by atoms with Crippen LogP contribution < -0.4 is 16.4 Å². The van der Waals surface area contributed by atoms with Crippen LogP contribution in [-0.4, -0.2) is 33.0 Å². The van der Waals surface area contributed by atoms with Gasteiger partial charge in [-0.15, -0.1) is 0 Å². The van der Waals surface area contributed by atoms with Gasteiger partial charge in [0.25, 0.3) is 0 Å². The van der Waals surface area contributed by atoms with Gasteiger partial charge in [0.2, 0.25) is 0 Å². The number of nitrogens with zero attached hydrogens (tertiary/aromatic N) is 5. The van der Waals surface area contributed by atoms with Crippen molar-refractivity contribution in [3.8, 4) is 0 Å². The van der Waals surface area contributed by atoms with E-state index in [2.05, 4.69) is 44.1 Å². The van der Waals surface area contributed by atoms with E-state index in [1.54, 1.807) is 12.4 Å². The summed E-state index contributed by atoms with van der Waals surface area (Å²) in [5.74, 6) is 1.07. The molecule has 1 saturated heterocycles. The molecule has 4 heterocycles. The fourth-order valence-corrected chi connectivity index (χ4v) is 6.48. The van der Waals surface area contributed by atoms with Gasteiger partial charge in [-0.25, -0.2) is 19.9 Å². The molecule has 1 atom stereocenters. The number of aromatic nitrogens is 4. The summed E-state index contributed by atoms with van der Waals surface area (Å²) in [6, 6.07) is 12.5. The second-order valence-corrected chi connectivity index (χ2v) is 11.0. The van der Waals surface area contributed by atoms with Gasteiger partial charge in [0, 0.05) is 25.3 Å². The van der Waals surface area contributed by atoms with Crippen molar-refractivity contribution in [3.63, 3.8) is 0 Å². The first kappa shape index (κ1) is 22.8. The zero-order valence-corrected chi connectivity index (χ0v) is 21.1. The summed E-state index contributed by atoms with van der Waals surface area (Å²) in [6.07, 6.45) is 6.53. The van der Waals surface area contributed by atoms with Crippen molar-refractivity contribution in [2.24, 2.45) is 11.1 Å². The standard InChI is InChI=1S/C25H23Cl2N7S/c26-20-17(12-30-23(29)21(20)27)35-19-6-5-16-24(33-19)31-13-18(32-16)34-9-7-25(8-10-34)11-14-3-1-2-4-15(14)22(25)28/h1-6,12-13,22H,7-11,28H2,(H2,29,30)/t22-/m1/s1. The summed E-state index contributed by atoms with van der Waals surface area (Å²) in [5.41, 5.74) is 16.6. The lowest BCUT2D eigenvalue weighted by Gasteiger charge is -2.42. The van der Waals surface area contributed by atoms with Crippen LogP contribution in [0.25, 0.3) is 11.2 Å². The number of nitrogen functional groups attached to an aromatic ring is 1. The molecule has 0 saturated carbocycles. The molecule has 1 aliphatic carbocycles. The molecule has 2 aliphatic rings. The lowest BCUT2D eigenvalue weighted by molar-refractivity contribution is 0.187. The molecule has 3 aromatic heterocycles. The topological polar surface area (TPSA) is 107 Å². The number of fused-ring (bicyclic) bond motifs is 2. The Labute approximate surface area is 217 Å². The molecule has 7 nitrogen and oxygen atoms in total. The second-order valence-electron chi connectivity index (χ2n) is 9.16. The van der Waals surface area contributed by atoms with E-state index in [1.807, 2.05) is 12.1 Å². The normalized spacial score (nSPS) is 18.8. The molecule has 1 aliphatic heterocycles. The Morgan fingerprint density at radius 2 is 1.77 bits per heavy atom. The van der Waals surface area contributed by atoms with Crippen LogP contribution in [0.4, 0.5) is 11.6 Å². The summed E-state index contributed by atoms with van der Waals surface area (Å²) in [6.45, 7) is 1.82. The smallest absolute Gasteiger partial charge is 0.179 e. The van der Waals surface area contributed by atoms with Crippen LogP contribution in [0.15, 0.2) is 58.7 Å². The third kappa shape index (κ3) is 3.98. The highest BCUT2D eigenvalue weighted by molar-refractivity contribution is 7.99. The van der Waals surface area contributed by atoms with E-state index in [1.165, 1.54) is 22.9 Å². The van der Waals surface area contributed by atoms with Gasteiger partial charge in [0.05, 0.1) is 16.1 Å². The van der Waals surface area contributed by atoms with E-state index in [0.717, 1.165) is 48.7 Å². The maximum atomic E-state index is 6.73. The van der Waals surface area contributed by atoms with Crippen LogP contribution in [0, 0.1) is 5.41 Å². The van der Waals surface area contributed by atoms with Crippen molar-refractivity contribution >= 4 is 57.8 Å². The molecule has 6 rings (SSSR count). The van der Waals surface area contributed by atoms with Gasteiger partial charge in [0.1, 0.15) is 27.2 Å². The Balaban J connectivity index is 1.18. The summed E-state index contributed by atoms with van der Waals surface area (Å²) in [7, 11) is 0. The zero-order chi connectivity index (χ0) is 24.2. The molecule has 4 aromatic rings. The maximum absolute atomic E-state index is 6.73. The molecule has 1 aromatic carbocycles. The van der Waals surface area contributed by atoms with E-state index in [0.29, 0.717) is 15.6 Å². The van der Waals surface area contributed by atoms with Gasteiger partial charge in [-0.3, -0.25) is 0 Å². The number of pyridine rings is 2.